The Labute approximate surface area is 106 Å². The molecule has 5 heteroatoms. The molecule has 1 saturated heterocycles. The third-order valence-corrected chi connectivity index (χ3v) is 3.09. The number of nitrogens with zero attached hydrogens (tertiary/aromatic N) is 1. The van der Waals surface area contributed by atoms with Crippen LogP contribution in [-0.4, -0.2) is 37.0 Å². The zero-order chi connectivity index (χ0) is 13.0. The number of benzene rings is 1. The van der Waals surface area contributed by atoms with Gasteiger partial charge in [0.1, 0.15) is 5.82 Å². The lowest BCUT2D eigenvalue weighted by molar-refractivity contribution is 0.0949. The van der Waals surface area contributed by atoms with Gasteiger partial charge in [0.2, 0.25) is 0 Å². The van der Waals surface area contributed by atoms with Gasteiger partial charge in [0.05, 0.1) is 0 Å². The van der Waals surface area contributed by atoms with Gasteiger partial charge in [-0.15, -0.1) is 0 Å². The first-order valence-electron chi connectivity index (χ1n) is 6.22. The molecule has 0 aliphatic carbocycles. The fourth-order valence-corrected chi connectivity index (χ4v) is 2.18. The topological polar surface area (TPSA) is 58.4 Å². The number of hydrogen-bond acceptors (Lipinski definition) is 3. The minimum absolute atomic E-state index is 0.264. The van der Waals surface area contributed by atoms with Crippen molar-refractivity contribution >= 4 is 11.6 Å². The van der Waals surface area contributed by atoms with E-state index in [-0.39, 0.29) is 17.2 Å². The van der Waals surface area contributed by atoms with Crippen molar-refractivity contribution in [3.63, 3.8) is 0 Å². The molecule has 0 unspecified atom stereocenters. The Morgan fingerprint density at radius 1 is 1.33 bits per heavy atom. The molecule has 0 saturated carbocycles. The molecule has 3 N–H and O–H groups in total. The summed E-state index contributed by atoms with van der Waals surface area (Å²) in [4.78, 5) is 14.1. The fourth-order valence-electron chi connectivity index (χ4n) is 2.18. The summed E-state index contributed by atoms with van der Waals surface area (Å²) in [7, 11) is 0. The van der Waals surface area contributed by atoms with Crippen molar-refractivity contribution in [1.29, 1.82) is 0 Å². The molecule has 1 fully saturated rings. The molecule has 1 aromatic rings. The molecule has 1 aliphatic rings. The molecule has 98 valence electrons. The fraction of sp³-hybridized carbons (Fsp3) is 0.462. The van der Waals surface area contributed by atoms with E-state index in [0.717, 1.165) is 19.6 Å². The predicted molar refractivity (Wildman–Crippen MR) is 68.8 cm³/mol. The van der Waals surface area contributed by atoms with Crippen LogP contribution < -0.4 is 11.1 Å². The van der Waals surface area contributed by atoms with Gasteiger partial charge in [-0.2, -0.15) is 0 Å². The number of hydrogen-bond donors (Lipinski definition) is 2. The van der Waals surface area contributed by atoms with Crippen LogP contribution in [0.15, 0.2) is 18.2 Å². The standard InChI is InChI=1S/C13H18FN3O/c14-11-7-10(8-12(15)9-11)13(18)16-3-6-17-4-1-2-5-17/h7-9H,1-6,15H2,(H,16,18). The maximum atomic E-state index is 13.1. The number of nitrogens with two attached hydrogens (primary N) is 1. The third kappa shape index (κ3) is 3.43. The van der Waals surface area contributed by atoms with Crippen molar-refractivity contribution in [3.05, 3.63) is 29.6 Å². The molecule has 2 rings (SSSR count). The average molecular weight is 251 g/mol. The summed E-state index contributed by atoms with van der Waals surface area (Å²) < 4.78 is 13.1. The number of rotatable bonds is 4. The zero-order valence-corrected chi connectivity index (χ0v) is 10.3. The van der Waals surface area contributed by atoms with E-state index < -0.39 is 5.82 Å². The smallest absolute Gasteiger partial charge is 0.251 e. The number of carbonyl (C=O) groups excluding carboxylic acids is 1. The second kappa shape index (κ2) is 5.82. The number of nitrogens with one attached hydrogen (secondary N) is 1. The molecule has 0 radical (unpaired) electrons. The van der Waals surface area contributed by atoms with Gasteiger partial charge < -0.3 is 16.0 Å². The molecule has 0 atom stereocenters. The number of anilines is 1. The highest BCUT2D eigenvalue weighted by atomic mass is 19.1. The highest BCUT2D eigenvalue weighted by Crippen LogP contribution is 2.10. The van der Waals surface area contributed by atoms with Crippen LogP contribution in [0.2, 0.25) is 0 Å². The number of halogens is 1. The van der Waals surface area contributed by atoms with Crippen LogP contribution in [0.25, 0.3) is 0 Å². The van der Waals surface area contributed by atoms with Crippen molar-refractivity contribution in [2.24, 2.45) is 0 Å². The van der Waals surface area contributed by atoms with Crippen molar-refractivity contribution in [2.45, 2.75) is 12.8 Å². The first-order chi connectivity index (χ1) is 8.65. The van der Waals surface area contributed by atoms with E-state index in [1.807, 2.05) is 0 Å². The van der Waals surface area contributed by atoms with Gasteiger partial charge in [-0.25, -0.2) is 4.39 Å². The summed E-state index contributed by atoms with van der Waals surface area (Å²) in [5.74, 6) is -0.764. The highest BCUT2D eigenvalue weighted by Gasteiger charge is 2.12. The van der Waals surface area contributed by atoms with E-state index in [1.54, 1.807) is 0 Å². The van der Waals surface area contributed by atoms with Crippen LogP contribution >= 0.6 is 0 Å². The van der Waals surface area contributed by atoms with Crippen molar-refractivity contribution in [2.75, 3.05) is 31.9 Å². The van der Waals surface area contributed by atoms with Gasteiger partial charge >= 0.3 is 0 Å². The molecule has 1 aliphatic heterocycles. The summed E-state index contributed by atoms with van der Waals surface area (Å²) in [5, 5.41) is 2.78. The van der Waals surface area contributed by atoms with Gasteiger partial charge in [0.15, 0.2) is 0 Å². The lowest BCUT2D eigenvalue weighted by Gasteiger charge is -2.14. The maximum absolute atomic E-state index is 13.1. The monoisotopic (exact) mass is 251 g/mol. The second-order valence-electron chi connectivity index (χ2n) is 4.58. The van der Waals surface area contributed by atoms with Crippen LogP contribution in [-0.2, 0) is 0 Å². The van der Waals surface area contributed by atoms with Gasteiger partial charge in [-0.05, 0) is 44.1 Å². The van der Waals surface area contributed by atoms with Crippen molar-refractivity contribution in [3.8, 4) is 0 Å². The largest absolute Gasteiger partial charge is 0.399 e. The Morgan fingerprint density at radius 3 is 2.72 bits per heavy atom. The number of amides is 1. The number of carbonyl (C=O) groups is 1. The van der Waals surface area contributed by atoms with E-state index in [0.29, 0.717) is 6.54 Å². The molecule has 0 bridgehead atoms. The molecule has 18 heavy (non-hydrogen) atoms. The Hall–Kier alpha value is -1.62. The second-order valence-corrected chi connectivity index (χ2v) is 4.58. The predicted octanol–water partition coefficient (Wildman–Crippen LogP) is 1.23. The average Bonchev–Trinajstić information content (AvgIpc) is 2.80. The van der Waals surface area contributed by atoms with Crippen molar-refractivity contribution in [1.82, 2.24) is 10.2 Å². The summed E-state index contributed by atoms with van der Waals surface area (Å²) in [6.07, 6.45) is 2.46. The number of likely N-dealkylation sites (tertiary alicyclic amines) is 1. The minimum Gasteiger partial charge on any atom is -0.399 e. The van der Waals surface area contributed by atoms with E-state index in [1.165, 1.54) is 31.0 Å². The maximum Gasteiger partial charge on any atom is 0.251 e. The van der Waals surface area contributed by atoms with E-state index in [4.69, 9.17) is 5.73 Å². The molecular weight excluding hydrogens is 233 g/mol. The van der Waals surface area contributed by atoms with E-state index in [9.17, 15) is 9.18 Å². The first kappa shape index (κ1) is 12.8. The number of nitrogen functional groups attached to an aromatic ring is 1. The Balaban J connectivity index is 1.83. The SMILES string of the molecule is Nc1cc(F)cc(C(=O)NCCN2CCCC2)c1. The molecular formula is C13H18FN3O. The van der Waals surface area contributed by atoms with Gasteiger partial charge in [0, 0.05) is 24.3 Å². The molecule has 0 aromatic heterocycles. The van der Waals surface area contributed by atoms with Crippen LogP contribution in [0.5, 0.6) is 0 Å². The summed E-state index contributed by atoms with van der Waals surface area (Å²) >= 11 is 0. The Morgan fingerprint density at radius 2 is 2.06 bits per heavy atom. The van der Waals surface area contributed by atoms with Crippen LogP contribution in [0, 0.1) is 5.82 Å². The van der Waals surface area contributed by atoms with Crippen LogP contribution in [0.4, 0.5) is 10.1 Å². The van der Waals surface area contributed by atoms with Gasteiger partial charge in [0.25, 0.3) is 5.91 Å². The quantitative estimate of drug-likeness (QED) is 0.791. The highest BCUT2D eigenvalue weighted by molar-refractivity contribution is 5.95. The van der Waals surface area contributed by atoms with Crippen LogP contribution in [0.3, 0.4) is 0 Å². The molecule has 4 nitrogen and oxygen atoms in total. The normalized spacial score (nSPS) is 15.8. The lowest BCUT2D eigenvalue weighted by atomic mass is 10.2. The summed E-state index contributed by atoms with van der Waals surface area (Å²) in [5.41, 5.74) is 6.03. The molecule has 1 aromatic carbocycles. The Bertz CT molecular complexity index is 410. The first-order valence-corrected chi connectivity index (χ1v) is 6.22. The lowest BCUT2D eigenvalue weighted by Crippen LogP contribution is -2.33. The Kier molecular flexibility index (Phi) is 4.15. The minimum atomic E-state index is -0.486. The van der Waals surface area contributed by atoms with Gasteiger partial charge in [-0.3, -0.25) is 4.79 Å². The zero-order valence-electron chi connectivity index (χ0n) is 10.3. The third-order valence-electron chi connectivity index (χ3n) is 3.09. The van der Waals surface area contributed by atoms with Crippen LogP contribution in [0.1, 0.15) is 23.2 Å². The van der Waals surface area contributed by atoms with E-state index in [2.05, 4.69) is 10.2 Å². The van der Waals surface area contributed by atoms with Crippen molar-refractivity contribution < 1.29 is 9.18 Å². The molecule has 1 heterocycles. The summed E-state index contributed by atoms with van der Waals surface area (Å²) in [6.45, 7) is 3.62. The van der Waals surface area contributed by atoms with E-state index >= 15 is 0 Å². The summed E-state index contributed by atoms with van der Waals surface area (Å²) in [6, 6.07) is 3.87. The molecule has 0 spiro atoms. The van der Waals surface area contributed by atoms with Gasteiger partial charge in [-0.1, -0.05) is 0 Å². The molecule has 1 amide bonds.